The van der Waals surface area contributed by atoms with E-state index in [1.165, 1.54) is 0 Å². The average Bonchev–Trinajstić information content (AvgIpc) is 2.94. The minimum atomic E-state index is -1.11. The van der Waals surface area contributed by atoms with Crippen molar-refractivity contribution in [1.29, 1.82) is 0 Å². The van der Waals surface area contributed by atoms with Crippen LogP contribution in [0.25, 0.3) is 0 Å². The van der Waals surface area contributed by atoms with E-state index >= 15 is 0 Å². The van der Waals surface area contributed by atoms with Crippen molar-refractivity contribution >= 4 is 0 Å². The van der Waals surface area contributed by atoms with Crippen LogP contribution in [0.2, 0.25) is 0 Å². The van der Waals surface area contributed by atoms with Gasteiger partial charge in [-0.3, -0.25) is 0 Å². The van der Waals surface area contributed by atoms with Crippen LogP contribution in [0, 0.1) is 5.41 Å². The summed E-state index contributed by atoms with van der Waals surface area (Å²) in [4.78, 5) is 0. The van der Waals surface area contributed by atoms with Crippen molar-refractivity contribution in [3.63, 3.8) is 0 Å². The molecule has 7 heteroatoms. The second-order valence-electron chi connectivity index (χ2n) is 3.28. The first-order valence-corrected chi connectivity index (χ1v) is 4.19. The zero-order valence-electron chi connectivity index (χ0n) is 9.26. The topological polar surface area (TPSA) is 123 Å². The van der Waals surface area contributed by atoms with Crippen molar-refractivity contribution in [3.05, 3.63) is 0 Å². The van der Waals surface area contributed by atoms with Gasteiger partial charge in [-0.15, -0.1) is 0 Å². The van der Waals surface area contributed by atoms with Gasteiger partial charge in [-0.2, -0.15) is 0 Å². The first kappa shape index (κ1) is 21.7. The number of epoxide rings is 1. The van der Waals surface area contributed by atoms with Crippen molar-refractivity contribution in [3.8, 4) is 0 Å². The Balaban J connectivity index is -0.000000204. The van der Waals surface area contributed by atoms with Gasteiger partial charge in [-0.1, -0.05) is 0 Å². The van der Waals surface area contributed by atoms with Crippen LogP contribution in [0.4, 0.5) is 0 Å². The number of rotatable bonds is 4. The van der Waals surface area contributed by atoms with E-state index in [-0.39, 0.29) is 56.9 Å². The molecule has 1 unspecified atom stereocenters. The molecule has 0 bridgehead atoms. The molecule has 0 aliphatic carbocycles. The smallest absolute Gasteiger partial charge is 0.870 e. The van der Waals surface area contributed by atoms with Crippen LogP contribution in [-0.2, 0) is 4.74 Å². The van der Waals surface area contributed by atoms with E-state index in [1.807, 2.05) is 0 Å². The summed E-state index contributed by atoms with van der Waals surface area (Å²) < 4.78 is 4.71. The second kappa shape index (κ2) is 11.9. The average molecular weight is 250 g/mol. The van der Waals surface area contributed by atoms with Gasteiger partial charge in [-0.25, -0.2) is 0 Å². The summed E-state index contributed by atoms with van der Waals surface area (Å²) in [5, 5.41) is 34.0. The van der Waals surface area contributed by atoms with E-state index in [1.54, 1.807) is 0 Å². The summed E-state index contributed by atoms with van der Waals surface area (Å²) in [6, 6.07) is 0. The predicted octanol–water partition coefficient (Wildman–Crippen LogP) is -4.83. The molecule has 0 aromatic heterocycles. The summed E-state index contributed by atoms with van der Waals surface area (Å²) in [7, 11) is 0. The SMILES string of the molecule is CC1CO1.OCC(CO)(CO)CO.[K+].[OH-]. The van der Waals surface area contributed by atoms with Crippen molar-refractivity contribution in [2.24, 2.45) is 5.41 Å². The third-order valence-electron chi connectivity index (χ3n) is 1.84. The molecule has 0 amide bonds. The van der Waals surface area contributed by atoms with E-state index in [4.69, 9.17) is 25.2 Å². The number of hydrogen-bond acceptors (Lipinski definition) is 6. The maximum Gasteiger partial charge on any atom is 1.00 e. The third-order valence-corrected chi connectivity index (χ3v) is 1.84. The molecule has 0 saturated carbocycles. The van der Waals surface area contributed by atoms with Gasteiger partial charge in [0.25, 0.3) is 0 Å². The first-order valence-electron chi connectivity index (χ1n) is 4.19. The van der Waals surface area contributed by atoms with Crippen LogP contribution in [-0.4, -0.2) is 65.0 Å². The van der Waals surface area contributed by atoms with E-state index in [0.29, 0.717) is 6.10 Å². The minimum absolute atomic E-state index is 0. The van der Waals surface area contributed by atoms with Crippen LogP contribution in [0.15, 0.2) is 0 Å². The van der Waals surface area contributed by atoms with Crippen molar-refractivity contribution < 1.29 is 82.0 Å². The molecule has 1 saturated heterocycles. The maximum absolute atomic E-state index is 8.50. The molecule has 1 rings (SSSR count). The third kappa shape index (κ3) is 10.3. The second-order valence-corrected chi connectivity index (χ2v) is 3.28. The Kier molecular flexibility index (Phi) is 17.1. The molecule has 0 radical (unpaired) electrons. The van der Waals surface area contributed by atoms with E-state index in [0.717, 1.165) is 6.61 Å². The Morgan fingerprint density at radius 3 is 1.27 bits per heavy atom. The molecule has 6 nitrogen and oxygen atoms in total. The van der Waals surface area contributed by atoms with Gasteiger partial charge in [0.05, 0.1) is 44.6 Å². The van der Waals surface area contributed by atoms with Gasteiger partial charge in [-0.05, 0) is 6.92 Å². The van der Waals surface area contributed by atoms with Crippen LogP contribution in [0.3, 0.4) is 0 Å². The van der Waals surface area contributed by atoms with Crippen LogP contribution in [0.1, 0.15) is 6.92 Å². The zero-order valence-corrected chi connectivity index (χ0v) is 12.4. The van der Waals surface area contributed by atoms with Gasteiger partial charge in [0.15, 0.2) is 0 Å². The van der Waals surface area contributed by atoms with Crippen molar-refractivity contribution in [2.75, 3.05) is 33.0 Å². The van der Waals surface area contributed by atoms with Gasteiger partial charge in [0.1, 0.15) is 0 Å². The van der Waals surface area contributed by atoms with Gasteiger partial charge in [0, 0.05) is 0 Å². The van der Waals surface area contributed by atoms with Gasteiger partial charge < -0.3 is 30.6 Å². The Hall–Kier alpha value is 1.40. The standard InChI is InChI=1S/C5H12O4.C3H6O.K.H2O/c6-1-5(2-7,3-8)4-9;1-3-2-4-3;;/h6-9H,1-4H2;3H,2H2,1H3;;1H2/q;;+1;/p-1. The van der Waals surface area contributed by atoms with Crippen molar-refractivity contribution in [2.45, 2.75) is 13.0 Å². The molecular formula is C8H19KO6. The fourth-order valence-electron chi connectivity index (χ4n) is 0.396. The molecule has 15 heavy (non-hydrogen) atoms. The molecule has 0 spiro atoms. The summed E-state index contributed by atoms with van der Waals surface area (Å²) in [5.41, 5.74) is -1.11. The monoisotopic (exact) mass is 250 g/mol. The Labute approximate surface area is 132 Å². The Morgan fingerprint density at radius 2 is 1.27 bits per heavy atom. The number of ether oxygens (including phenoxy) is 1. The summed E-state index contributed by atoms with van der Waals surface area (Å²) in [6.45, 7) is 1.42. The predicted molar refractivity (Wildman–Crippen MR) is 48.1 cm³/mol. The number of aliphatic hydroxyl groups excluding tert-OH is 4. The van der Waals surface area contributed by atoms with Crippen molar-refractivity contribution in [1.82, 2.24) is 0 Å². The van der Waals surface area contributed by atoms with Crippen LogP contribution < -0.4 is 51.4 Å². The zero-order chi connectivity index (χ0) is 10.3. The summed E-state index contributed by atoms with van der Waals surface area (Å²) in [6.07, 6.45) is 0.583. The number of hydrogen-bond donors (Lipinski definition) is 4. The van der Waals surface area contributed by atoms with Crippen LogP contribution in [0.5, 0.6) is 0 Å². The molecule has 1 aliphatic rings. The Bertz CT molecular complexity index is 109. The fraction of sp³-hybridized carbons (Fsp3) is 1.00. The molecule has 1 fully saturated rings. The summed E-state index contributed by atoms with van der Waals surface area (Å²) in [5.74, 6) is 0. The molecule has 0 aromatic carbocycles. The van der Waals surface area contributed by atoms with E-state index in [2.05, 4.69) is 6.92 Å². The first-order chi connectivity index (χ1) is 6.14. The largest absolute Gasteiger partial charge is 1.00 e. The van der Waals surface area contributed by atoms with Gasteiger partial charge in [0.2, 0.25) is 0 Å². The quantitative estimate of drug-likeness (QED) is 0.293. The summed E-state index contributed by atoms with van der Waals surface area (Å²) >= 11 is 0. The molecule has 5 N–H and O–H groups in total. The minimum Gasteiger partial charge on any atom is -0.870 e. The Morgan fingerprint density at radius 1 is 1.07 bits per heavy atom. The van der Waals surface area contributed by atoms with Crippen LogP contribution >= 0.6 is 0 Å². The molecule has 0 aromatic rings. The molecule has 1 atom stereocenters. The van der Waals surface area contributed by atoms with E-state index in [9.17, 15) is 0 Å². The van der Waals surface area contributed by atoms with Gasteiger partial charge >= 0.3 is 51.4 Å². The fourth-order valence-corrected chi connectivity index (χ4v) is 0.396. The molecule has 88 valence electrons. The normalized spacial score (nSPS) is 17.8. The molecule has 1 aliphatic heterocycles. The molecule has 1 heterocycles. The molecular weight excluding hydrogens is 231 g/mol. The number of aliphatic hydroxyl groups is 4. The maximum atomic E-state index is 8.50. The van der Waals surface area contributed by atoms with E-state index < -0.39 is 31.8 Å².